The number of hydrogen-bond acceptors (Lipinski definition) is 5. The molecule has 0 bridgehead atoms. The largest absolute Gasteiger partial charge is 1.00 e. The Morgan fingerprint density at radius 1 is 1.11 bits per heavy atom. The molecule has 1 heterocycles. The lowest BCUT2D eigenvalue weighted by Crippen LogP contribution is -3.00. The van der Waals surface area contributed by atoms with Crippen LogP contribution < -0.4 is 22.9 Å². The van der Waals surface area contributed by atoms with Crippen molar-refractivity contribution in [2.24, 2.45) is 0 Å². The molecule has 0 aliphatic heterocycles. The van der Waals surface area contributed by atoms with Crippen LogP contribution in [0, 0.1) is 6.92 Å². The molecule has 0 spiro atoms. The number of aryl methyl sites for hydroxylation is 1. The van der Waals surface area contributed by atoms with Gasteiger partial charge in [0.05, 0.1) is 30.3 Å². The lowest BCUT2D eigenvalue weighted by molar-refractivity contribution is -0.387. The first-order chi connectivity index (χ1) is 12.8. The van der Waals surface area contributed by atoms with E-state index >= 15 is 0 Å². The van der Waals surface area contributed by atoms with E-state index in [-0.39, 0.29) is 35.2 Å². The van der Waals surface area contributed by atoms with Crippen LogP contribution in [0.5, 0.6) is 5.75 Å². The van der Waals surface area contributed by atoms with Crippen LogP contribution in [0.2, 0.25) is 0 Å². The van der Waals surface area contributed by atoms with Crippen molar-refractivity contribution in [2.75, 3.05) is 14.2 Å². The van der Waals surface area contributed by atoms with Gasteiger partial charge in [-0.15, -0.1) is 0 Å². The van der Waals surface area contributed by atoms with Crippen molar-refractivity contribution >= 4 is 26.9 Å². The maximum Gasteiger partial charge on any atom is 0.341 e. The third kappa shape index (κ3) is 3.58. The molecule has 0 unspecified atom stereocenters. The fraction of sp³-hybridized carbons (Fsp3) is 0.211. The van der Waals surface area contributed by atoms with E-state index in [0.717, 1.165) is 5.56 Å². The van der Waals surface area contributed by atoms with E-state index in [4.69, 9.17) is 9.47 Å². The number of carbonyl (C=O) groups excluding carboxylic acids is 1. The molecule has 0 saturated carbocycles. The number of rotatable bonds is 5. The van der Waals surface area contributed by atoms with Gasteiger partial charge >= 0.3 is 5.97 Å². The van der Waals surface area contributed by atoms with E-state index in [1.807, 2.05) is 6.92 Å². The van der Waals surface area contributed by atoms with Crippen molar-refractivity contribution in [3.8, 4) is 5.75 Å². The lowest BCUT2D eigenvalue weighted by atomic mass is 10.1. The first kappa shape index (κ1) is 21.7. The average molecular weight is 425 g/mol. The maximum atomic E-state index is 13.3. The molecule has 0 aliphatic carbocycles. The van der Waals surface area contributed by atoms with Gasteiger partial charge in [-0.25, -0.2) is 17.2 Å². The van der Waals surface area contributed by atoms with Crippen molar-refractivity contribution in [3.63, 3.8) is 0 Å². The second-order valence-corrected chi connectivity index (χ2v) is 7.86. The van der Waals surface area contributed by atoms with Crippen LogP contribution in [-0.4, -0.2) is 32.6 Å². The molecule has 3 N–H and O–H groups in total. The predicted molar refractivity (Wildman–Crippen MR) is 100 cm³/mol. The Balaban J connectivity index is 0.00000280. The van der Waals surface area contributed by atoms with Crippen molar-refractivity contribution in [3.05, 3.63) is 59.3 Å². The highest BCUT2D eigenvalue weighted by molar-refractivity contribution is 7.90. The molecule has 28 heavy (non-hydrogen) atoms. The van der Waals surface area contributed by atoms with Crippen molar-refractivity contribution in [1.82, 2.24) is 3.97 Å². The van der Waals surface area contributed by atoms with Gasteiger partial charge in [0.15, 0.2) is 0 Å². The van der Waals surface area contributed by atoms with Crippen LogP contribution in [0.3, 0.4) is 0 Å². The van der Waals surface area contributed by atoms with Gasteiger partial charge < -0.3 is 27.6 Å². The molecular formula is C19H21ClN2O5S. The summed E-state index contributed by atoms with van der Waals surface area (Å²) in [5, 5.41) is 0.588. The number of aromatic nitrogens is 1. The average Bonchev–Trinajstić information content (AvgIpc) is 3.04. The van der Waals surface area contributed by atoms with Gasteiger partial charge in [0.2, 0.25) is 0 Å². The molecule has 0 fully saturated rings. The molecule has 0 amide bonds. The minimum Gasteiger partial charge on any atom is -1.00 e. The number of ether oxygens (including phenoxy) is 2. The molecule has 150 valence electrons. The molecule has 7 nitrogen and oxygen atoms in total. The van der Waals surface area contributed by atoms with Crippen LogP contribution in [0.4, 0.5) is 0 Å². The predicted octanol–water partition coefficient (Wildman–Crippen LogP) is -1.27. The van der Waals surface area contributed by atoms with E-state index in [1.165, 1.54) is 24.3 Å². The Labute approximate surface area is 169 Å². The summed E-state index contributed by atoms with van der Waals surface area (Å²) in [5.41, 5.74) is 5.96. The Hall–Kier alpha value is -2.55. The van der Waals surface area contributed by atoms with Gasteiger partial charge in [-0.1, -0.05) is 17.7 Å². The number of esters is 1. The van der Waals surface area contributed by atoms with Crippen LogP contribution in [0.25, 0.3) is 10.9 Å². The fourth-order valence-electron chi connectivity index (χ4n) is 2.98. The van der Waals surface area contributed by atoms with Gasteiger partial charge in [0.1, 0.15) is 17.9 Å². The van der Waals surface area contributed by atoms with E-state index in [0.29, 0.717) is 16.6 Å². The number of nitrogens with zero attached hydrogens (tertiary/aromatic N) is 1. The molecule has 9 heteroatoms. The molecule has 3 aromatic rings. The Morgan fingerprint density at radius 2 is 1.75 bits per heavy atom. The smallest absolute Gasteiger partial charge is 0.341 e. The molecule has 3 rings (SSSR count). The van der Waals surface area contributed by atoms with Crippen LogP contribution >= 0.6 is 0 Å². The quantitative estimate of drug-likeness (QED) is 0.514. The second-order valence-electron chi connectivity index (χ2n) is 6.07. The number of halogens is 1. The van der Waals surface area contributed by atoms with Gasteiger partial charge in [-0.05, 0) is 31.2 Å². The van der Waals surface area contributed by atoms with Gasteiger partial charge in [0.25, 0.3) is 10.0 Å². The summed E-state index contributed by atoms with van der Waals surface area (Å²) in [5.74, 6) is -0.317. The maximum absolute atomic E-state index is 13.3. The lowest BCUT2D eigenvalue weighted by Gasteiger charge is -2.12. The third-order valence-corrected chi connectivity index (χ3v) is 6.15. The second kappa shape index (κ2) is 8.22. The standard InChI is InChI=1S/C19H20N2O5S.ClH/c1-12-4-6-15(7-5-12)27(23,24)21-14(11-20)8-13-9-16(19(22)26-3)18(25-2)10-17(13)21;/h4-10H,11,20H2,1-3H3;1H. The third-order valence-electron chi connectivity index (χ3n) is 4.37. The van der Waals surface area contributed by atoms with Crippen molar-refractivity contribution < 1.29 is 40.8 Å². The summed E-state index contributed by atoms with van der Waals surface area (Å²) in [4.78, 5) is 12.2. The summed E-state index contributed by atoms with van der Waals surface area (Å²) >= 11 is 0. The first-order valence-corrected chi connectivity index (χ1v) is 9.69. The number of methoxy groups -OCH3 is 2. The van der Waals surface area contributed by atoms with Gasteiger partial charge in [-0.2, -0.15) is 0 Å². The Bertz CT molecular complexity index is 1120. The van der Waals surface area contributed by atoms with E-state index in [9.17, 15) is 13.2 Å². The summed E-state index contributed by atoms with van der Waals surface area (Å²) in [7, 11) is -1.15. The molecule has 0 aliphatic rings. The van der Waals surface area contributed by atoms with Crippen LogP contribution in [-0.2, 0) is 21.3 Å². The van der Waals surface area contributed by atoms with Gasteiger partial charge in [-0.3, -0.25) is 0 Å². The topological polar surface area (TPSA) is 102 Å². The monoisotopic (exact) mass is 424 g/mol. The minimum atomic E-state index is -3.84. The highest BCUT2D eigenvalue weighted by atomic mass is 35.5. The van der Waals surface area contributed by atoms with Gasteiger partial charge in [0, 0.05) is 11.5 Å². The number of hydrogen-bond donors (Lipinski definition) is 1. The number of benzene rings is 2. The van der Waals surface area contributed by atoms with E-state index < -0.39 is 16.0 Å². The Kier molecular flexibility index (Phi) is 6.38. The molecular weight excluding hydrogens is 404 g/mol. The summed E-state index contributed by atoms with van der Waals surface area (Å²) < 4.78 is 37.9. The zero-order chi connectivity index (χ0) is 19.8. The zero-order valence-electron chi connectivity index (χ0n) is 15.7. The fourth-order valence-corrected chi connectivity index (χ4v) is 4.54. The SMILES string of the molecule is COC(=O)c1cc2cc(C[NH3+])n(S(=O)(=O)c3ccc(C)cc3)c2cc1OC.[Cl-]. The summed E-state index contributed by atoms with van der Waals surface area (Å²) in [6.45, 7) is 2.15. The van der Waals surface area contributed by atoms with Crippen LogP contribution in [0.1, 0.15) is 21.6 Å². The normalized spacial score (nSPS) is 11.1. The van der Waals surface area contributed by atoms with Crippen LogP contribution in [0.15, 0.2) is 47.4 Å². The highest BCUT2D eigenvalue weighted by Gasteiger charge is 2.25. The molecule has 0 atom stereocenters. The van der Waals surface area contributed by atoms with Crippen molar-refractivity contribution in [1.29, 1.82) is 0 Å². The summed E-state index contributed by atoms with van der Waals surface area (Å²) in [6, 6.07) is 11.5. The molecule has 2 aromatic carbocycles. The first-order valence-electron chi connectivity index (χ1n) is 8.25. The summed E-state index contributed by atoms with van der Waals surface area (Å²) in [6.07, 6.45) is 0. The zero-order valence-corrected chi connectivity index (χ0v) is 17.3. The molecule has 0 radical (unpaired) electrons. The number of quaternary nitrogens is 1. The molecule has 1 aromatic heterocycles. The minimum absolute atomic E-state index is 0. The molecule has 0 saturated heterocycles. The van der Waals surface area contributed by atoms with E-state index in [1.54, 1.807) is 36.4 Å². The van der Waals surface area contributed by atoms with E-state index in [2.05, 4.69) is 5.73 Å². The number of fused-ring (bicyclic) bond motifs is 1. The number of carbonyl (C=O) groups is 1. The Morgan fingerprint density at radius 3 is 2.29 bits per heavy atom. The van der Waals surface area contributed by atoms with Crippen molar-refractivity contribution in [2.45, 2.75) is 18.4 Å². The highest BCUT2D eigenvalue weighted by Crippen LogP contribution is 2.31.